The molecule has 2 unspecified atom stereocenters. The Morgan fingerprint density at radius 2 is 1.89 bits per heavy atom. The molecule has 0 aromatic heterocycles. The van der Waals surface area contributed by atoms with Gasteiger partial charge in [0.05, 0.1) is 6.07 Å². The molecule has 0 saturated heterocycles. The highest BCUT2D eigenvalue weighted by Crippen LogP contribution is 2.24. The fourth-order valence-electron chi connectivity index (χ4n) is 2.10. The number of hydrogen-bond donors (Lipinski definition) is 1. The van der Waals surface area contributed by atoms with Gasteiger partial charge in [-0.3, -0.25) is 5.32 Å². The monoisotopic (exact) mass is 238 g/mol. The van der Waals surface area contributed by atoms with Crippen molar-refractivity contribution in [2.75, 3.05) is 0 Å². The summed E-state index contributed by atoms with van der Waals surface area (Å²) in [6, 6.07) is 16.8. The van der Waals surface area contributed by atoms with E-state index in [2.05, 4.69) is 43.4 Å². The lowest BCUT2D eigenvalue weighted by Crippen LogP contribution is -2.29. The second-order valence-corrected chi connectivity index (χ2v) is 4.61. The molecule has 18 heavy (non-hydrogen) atoms. The number of fused-ring (bicyclic) bond motifs is 1. The van der Waals surface area contributed by atoms with Crippen LogP contribution in [0.2, 0.25) is 0 Å². The predicted molar refractivity (Wildman–Crippen MR) is 75.2 cm³/mol. The molecule has 0 spiro atoms. The summed E-state index contributed by atoms with van der Waals surface area (Å²) in [6.45, 7) is 4.23. The maximum Gasteiger partial charge on any atom is 0.122 e. The van der Waals surface area contributed by atoms with Crippen molar-refractivity contribution in [2.24, 2.45) is 0 Å². The van der Waals surface area contributed by atoms with Gasteiger partial charge < -0.3 is 0 Å². The van der Waals surface area contributed by atoms with Crippen LogP contribution in [0.3, 0.4) is 0 Å². The van der Waals surface area contributed by atoms with Crippen LogP contribution in [0.25, 0.3) is 10.8 Å². The SMILES string of the molecule is CCC(C)NC(C#N)c1cccc2ccccc12. The minimum Gasteiger partial charge on any atom is -0.296 e. The van der Waals surface area contributed by atoms with Gasteiger partial charge in [0.25, 0.3) is 0 Å². The summed E-state index contributed by atoms with van der Waals surface area (Å²) in [5.41, 5.74) is 1.07. The first-order chi connectivity index (χ1) is 8.76. The van der Waals surface area contributed by atoms with E-state index in [9.17, 15) is 5.26 Å². The molecule has 0 aliphatic rings. The molecule has 2 nitrogen and oxygen atoms in total. The molecule has 0 bridgehead atoms. The molecule has 0 fully saturated rings. The number of nitriles is 1. The van der Waals surface area contributed by atoms with Crippen molar-refractivity contribution in [1.29, 1.82) is 5.26 Å². The summed E-state index contributed by atoms with van der Waals surface area (Å²) in [6.07, 6.45) is 1.02. The molecule has 2 atom stereocenters. The van der Waals surface area contributed by atoms with E-state index in [1.54, 1.807) is 0 Å². The van der Waals surface area contributed by atoms with Gasteiger partial charge in [-0.15, -0.1) is 0 Å². The van der Waals surface area contributed by atoms with Crippen molar-refractivity contribution in [2.45, 2.75) is 32.4 Å². The van der Waals surface area contributed by atoms with E-state index in [1.165, 1.54) is 5.39 Å². The molecule has 92 valence electrons. The first kappa shape index (κ1) is 12.6. The highest BCUT2D eigenvalue weighted by Gasteiger charge is 2.14. The summed E-state index contributed by atoms with van der Waals surface area (Å²) < 4.78 is 0. The fourth-order valence-corrected chi connectivity index (χ4v) is 2.10. The van der Waals surface area contributed by atoms with Gasteiger partial charge in [0.2, 0.25) is 0 Å². The lowest BCUT2D eigenvalue weighted by atomic mass is 9.99. The van der Waals surface area contributed by atoms with Gasteiger partial charge in [-0.1, -0.05) is 49.4 Å². The van der Waals surface area contributed by atoms with Crippen molar-refractivity contribution in [1.82, 2.24) is 5.32 Å². The van der Waals surface area contributed by atoms with Crippen LogP contribution >= 0.6 is 0 Å². The third kappa shape index (κ3) is 2.52. The van der Waals surface area contributed by atoms with Crippen LogP contribution in [0.1, 0.15) is 31.9 Å². The van der Waals surface area contributed by atoms with Gasteiger partial charge in [0.15, 0.2) is 0 Å². The molecule has 2 rings (SSSR count). The Bertz CT molecular complexity index is 563. The van der Waals surface area contributed by atoms with Crippen LogP contribution in [-0.2, 0) is 0 Å². The maximum absolute atomic E-state index is 9.37. The van der Waals surface area contributed by atoms with Crippen molar-refractivity contribution >= 4 is 10.8 Å². The number of rotatable bonds is 4. The molecule has 0 radical (unpaired) electrons. The first-order valence-corrected chi connectivity index (χ1v) is 6.39. The Labute approximate surface area is 108 Å². The van der Waals surface area contributed by atoms with Crippen molar-refractivity contribution in [3.05, 3.63) is 48.0 Å². The fraction of sp³-hybridized carbons (Fsp3) is 0.312. The second-order valence-electron chi connectivity index (χ2n) is 4.61. The molecule has 2 aromatic carbocycles. The molecular weight excluding hydrogens is 220 g/mol. The topological polar surface area (TPSA) is 35.8 Å². The summed E-state index contributed by atoms with van der Waals surface area (Å²) in [4.78, 5) is 0. The zero-order chi connectivity index (χ0) is 13.0. The average molecular weight is 238 g/mol. The van der Waals surface area contributed by atoms with Crippen LogP contribution in [0.15, 0.2) is 42.5 Å². The van der Waals surface area contributed by atoms with E-state index in [0.717, 1.165) is 17.4 Å². The minimum atomic E-state index is -0.244. The Morgan fingerprint density at radius 1 is 1.17 bits per heavy atom. The quantitative estimate of drug-likeness (QED) is 0.879. The largest absolute Gasteiger partial charge is 0.296 e. The normalized spacial score (nSPS) is 14.1. The van der Waals surface area contributed by atoms with Crippen LogP contribution in [0.4, 0.5) is 0 Å². The highest BCUT2D eigenvalue weighted by atomic mass is 14.9. The molecule has 2 heteroatoms. The van der Waals surface area contributed by atoms with Crippen LogP contribution in [0.5, 0.6) is 0 Å². The molecular formula is C16H18N2. The van der Waals surface area contributed by atoms with E-state index in [4.69, 9.17) is 0 Å². The van der Waals surface area contributed by atoms with E-state index in [-0.39, 0.29) is 6.04 Å². The van der Waals surface area contributed by atoms with Gasteiger partial charge >= 0.3 is 0 Å². The van der Waals surface area contributed by atoms with E-state index in [0.29, 0.717) is 6.04 Å². The lowest BCUT2D eigenvalue weighted by molar-refractivity contribution is 0.503. The first-order valence-electron chi connectivity index (χ1n) is 6.39. The maximum atomic E-state index is 9.37. The zero-order valence-electron chi connectivity index (χ0n) is 10.9. The zero-order valence-corrected chi connectivity index (χ0v) is 10.9. The lowest BCUT2D eigenvalue weighted by Gasteiger charge is -2.18. The summed E-state index contributed by atoms with van der Waals surface area (Å²) >= 11 is 0. The number of hydrogen-bond acceptors (Lipinski definition) is 2. The Hall–Kier alpha value is -1.85. The van der Waals surface area contributed by atoms with E-state index < -0.39 is 0 Å². The second kappa shape index (κ2) is 5.66. The molecule has 0 saturated carbocycles. The molecule has 2 aromatic rings. The summed E-state index contributed by atoms with van der Waals surface area (Å²) in [7, 11) is 0. The van der Waals surface area contributed by atoms with Gasteiger partial charge in [0.1, 0.15) is 6.04 Å². The third-order valence-electron chi connectivity index (χ3n) is 3.33. The molecule has 1 N–H and O–H groups in total. The molecule has 0 aliphatic carbocycles. The Balaban J connectivity index is 2.43. The Kier molecular flexibility index (Phi) is 3.96. The van der Waals surface area contributed by atoms with E-state index >= 15 is 0 Å². The minimum absolute atomic E-state index is 0.244. The smallest absolute Gasteiger partial charge is 0.122 e. The van der Waals surface area contributed by atoms with Crippen LogP contribution in [-0.4, -0.2) is 6.04 Å². The van der Waals surface area contributed by atoms with Crippen LogP contribution < -0.4 is 5.32 Å². The van der Waals surface area contributed by atoms with Crippen molar-refractivity contribution < 1.29 is 0 Å². The highest BCUT2D eigenvalue weighted by molar-refractivity contribution is 5.86. The van der Waals surface area contributed by atoms with Crippen LogP contribution in [0, 0.1) is 11.3 Å². The van der Waals surface area contributed by atoms with E-state index in [1.807, 2.05) is 24.3 Å². The van der Waals surface area contributed by atoms with Crippen molar-refractivity contribution in [3.8, 4) is 6.07 Å². The van der Waals surface area contributed by atoms with Crippen molar-refractivity contribution in [3.63, 3.8) is 0 Å². The number of nitrogens with zero attached hydrogens (tertiary/aromatic N) is 1. The summed E-state index contributed by atoms with van der Waals surface area (Å²) in [5, 5.41) is 15.1. The molecule has 0 aliphatic heterocycles. The van der Waals surface area contributed by atoms with Gasteiger partial charge in [-0.2, -0.15) is 5.26 Å². The third-order valence-corrected chi connectivity index (χ3v) is 3.33. The summed E-state index contributed by atoms with van der Waals surface area (Å²) in [5.74, 6) is 0. The van der Waals surface area contributed by atoms with Gasteiger partial charge in [-0.25, -0.2) is 0 Å². The standard InChI is InChI=1S/C16H18N2/c1-3-12(2)18-16(11-17)15-10-6-8-13-7-4-5-9-14(13)15/h4-10,12,16,18H,3H2,1-2H3. The number of nitrogens with one attached hydrogen (secondary N) is 1. The Morgan fingerprint density at radius 3 is 2.61 bits per heavy atom. The average Bonchev–Trinajstić information content (AvgIpc) is 2.44. The van der Waals surface area contributed by atoms with Gasteiger partial charge in [-0.05, 0) is 29.7 Å². The molecule has 0 heterocycles. The predicted octanol–water partition coefficient (Wildman–Crippen LogP) is 3.79. The number of benzene rings is 2. The van der Waals surface area contributed by atoms with Gasteiger partial charge in [0, 0.05) is 6.04 Å². The molecule has 0 amide bonds.